The first-order chi connectivity index (χ1) is 7.20. The van der Waals surface area contributed by atoms with Gasteiger partial charge < -0.3 is 15.4 Å². The van der Waals surface area contributed by atoms with Gasteiger partial charge in [-0.3, -0.25) is 4.79 Å². The lowest BCUT2D eigenvalue weighted by atomic mass is 10.4. The van der Waals surface area contributed by atoms with Gasteiger partial charge >= 0.3 is 6.09 Å². The second-order valence-corrected chi connectivity index (χ2v) is 3.12. The molecule has 0 rings (SSSR count). The number of amides is 2. The summed E-state index contributed by atoms with van der Waals surface area (Å²) < 4.78 is 4.85. The van der Waals surface area contributed by atoms with Crippen LogP contribution >= 0.6 is 0 Å². The molecule has 0 aromatic carbocycles. The Bertz CT molecular complexity index is 195. The van der Waals surface area contributed by atoms with Crippen LogP contribution in [0.4, 0.5) is 4.79 Å². The minimum Gasteiger partial charge on any atom is -0.450 e. The van der Waals surface area contributed by atoms with Crippen LogP contribution in [0.25, 0.3) is 0 Å². The number of carbonyl (C=O) groups is 2. The van der Waals surface area contributed by atoms with E-state index in [1.54, 1.807) is 6.92 Å². The highest BCUT2D eigenvalue weighted by molar-refractivity contribution is 5.75. The van der Waals surface area contributed by atoms with Gasteiger partial charge in [0.05, 0.1) is 6.61 Å². The molecule has 0 atom stereocenters. The Balaban J connectivity index is 3.27. The summed E-state index contributed by atoms with van der Waals surface area (Å²) in [5.41, 5.74) is 0. The van der Waals surface area contributed by atoms with E-state index < -0.39 is 6.09 Å². The molecule has 5 heteroatoms. The van der Waals surface area contributed by atoms with Crippen molar-refractivity contribution in [3.05, 3.63) is 0 Å². The fourth-order valence-corrected chi connectivity index (χ4v) is 0.852. The summed E-state index contributed by atoms with van der Waals surface area (Å²) in [5, 5.41) is 5.19. The summed E-state index contributed by atoms with van der Waals surface area (Å²) in [6.07, 6.45) is 1.91. The third-order valence-electron chi connectivity index (χ3n) is 1.77. The van der Waals surface area contributed by atoms with Crippen molar-refractivity contribution in [3.8, 4) is 0 Å². The summed E-state index contributed by atoms with van der Waals surface area (Å²) >= 11 is 0. The molecule has 0 aromatic heterocycles. The molecular weight excluding hydrogens is 196 g/mol. The molecule has 0 saturated carbocycles. The first-order valence-corrected chi connectivity index (χ1v) is 5.38. The van der Waals surface area contributed by atoms with E-state index in [0.717, 1.165) is 12.8 Å². The third-order valence-corrected chi connectivity index (χ3v) is 1.77. The fourth-order valence-electron chi connectivity index (χ4n) is 0.852. The number of rotatable bonds is 7. The van der Waals surface area contributed by atoms with Crippen LogP contribution < -0.4 is 10.6 Å². The second kappa shape index (κ2) is 9.30. The van der Waals surface area contributed by atoms with Crippen molar-refractivity contribution in [2.45, 2.75) is 33.1 Å². The van der Waals surface area contributed by atoms with Crippen LogP contribution in [0.2, 0.25) is 0 Å². The highest BCUT2D eigenvalue weighted by Gasteiger charge is 2.00. The van der Waals surface area contributed by atoms with Gasteiger partial charge in [-0.2, -0.15) is 0 Å². The number of unbranched alkanes of at least 4 members (excludes halogenated alkanes) is 1. The largest absolute Gasteiger partial charge is 0.450 e. The van der Waals surface area contributed by atoms with Crippen LogP contribution in [0, 0.1) is 0 Å². The predicted molar refractivity (Wildman–Crippen MR) is 57.6 cm³/mol. The van der Waals surface area contributed by atoms with E-state index in [2.05, 4.69) is 10.6 Å². The van der Waals surface area contributed by atoms with Crippen molar-refractivity contribution >= 4 is 12.0 Å². The molecule has 88 valence electrons. The predicted octanol–water partition coefficient (Wildman–Crippen LogP) is 1.04. The zero-order valence-corrected chi connectivity index (χ0v) is 9.47. The van der Waals surface area contributed by atoms with Gasteiger partial charge in [0, 0.05) is 19.5 Å². The van der Waals surface area contributed by atoms with E-state index in [9.17, 15) is 9.59 Å². The van der Waals surface area contributed by atoms with E-state index in [1.807, 2.05) is 6.92 Å². The summed E-state index contributed by atoms with van der Waals surface area (Å²) in [4.78, 5) is 21.8. The molecule has 0 aliphatic carbocycles. The molecule has 0 radical (unpaired) electrons. The average Bonchev–Trinajstić information content (AvgIpc) is 2.24. The van der Waals surface area contributed by atoms with Crippen LogP contribution in [0.15, 0.2) is 0 Å². The van der Waals surface area contributed by atoms with Gasteiger partial charge in [-0.15, -0.1) is 0 Å². The Morgan fingerprint density at radius 1 is 1.13 bits per heavy atom. The molecule has 0 fully saturated rings. The van der Waals surface area contributed by atoms with Crippen molar-refractivity contribution in [1.29, 1.82) is 0 Å². The maximum Gasteiger partial charge on any atom is 0.407 e. The molecule has 0 aliphatic rings. The van der Waals surface area contributed by atoms with Crippen molar-refractivity contribution < 1.29 is 14.3 Å². The molecule has 2 amide bonds. The Morgan fingerprint density at radius 2 is 1.80 bits per heavy atom. The van der Waals surface area contributed by atoms with Crippen LogP contribution in [0.3, 0.4) is 0 Å². The molecule has 0 aliphatic heterocycles. The van der Waals surface area contributed by atoms with E-state index in [4.69, 9.17) is 4.74 Å². The Hall–Kier alpha value is -1.26. The maximum atomic E-state index is 11.0. The lowest BCUT2D eigenvalue weighted by Gasteiger charge is -2.06. The van der Waals surface area contributed by atoms with Gasteiger partial charge in [0.25, 0.3) is 0 Å². The van der Waals surface area contributed by atoms with Crippen LogP contribution in [-0.2, 0) is 9.53 Å². The van der Waals surface area contributed by atoms with Gasteiger partial charge in [-0.1, -0.05) is 20.3 Å². The first kappa shape index (κ1) is 13.7. The summed E-state index contributed by atoms with van der Waals surface area (Å²) in [6, 6.07) is 0. The van der Waals surface area contributed by atoms with E-state index in [0.29, 0.717) is 26.1 Å². The van der Waals surface area contributed by atoms with Crippen molar-refractivity contribution in [3.63, 3.8) is 0 Å². The van der Waals surface area contributed by atoms with Crippen LogP contribution in [0.1, 0.15) is 33.1 Å². The van der Waals surface area contributed by atoms with Gasteiger partial charge in [-0.25, -0.2) is 4.79 Å². The van der Waals surface area contributed by atoms with Gasteiger partial charge in [0.2, 0.25) is 5.91 Å². The summed E-state index contributed by atoms with van der Waals surface area (Å²) in [5.74, 6) is -0.0175. The van der Waals surface area contributed by atoms with E-state index in [-0.39, 0.29) is 5.91 Å². The van der Waals surface area contributed by atoms with Gasteiger partial charge in [0.15, 0.2) is 0 Å². The number of carbonyl (C=O) groups excluding carboxylic acids is 2. The molecule has 15 heavy (non-hydrogen) atoms. The van der Waals surface area contributed by atoms with Gasteiger partial charge in [-0.05, 0) is 6.42 Å². The minimum absolute atomic E-state index is 0.0175. The summed E-state index contributed by atoms with van der Waals surface area (Å²) in [6.45, 7) is 5.10. The van der Waals surface area contributed by atoms with Crippen LogP contribution in [0.5, 0.6) is 0 Å². The third kappa shape index (κ3) is 9.05. The second-order valence-electron chi connectivity index (χ2n) is 3.12. The molecule has 0 unspecified atom stereocenters. The molecule has 5 nitrogen and oxygen atoms in total. The molecule has 0 aromatic rings. The lowest BCUT2D eigenvalue weighted by molar-refractivity contribution is -0.120. The molecule has 0 saturated heterocycles. The molecule has 0 spiro atoms. The smallest absolute Gasteiger partial charge is 0.407 e. The average molecular weight is 216 g/mol. The highest BCUT2D eigenvalue weighted by Crippen LogP contribution is 1.87. The normalized spacial score (nSPS) is 9.47. The van der Waals surface area contributed by atoms with Crippen molar-refractivity contribution in [1.82, 2.24) is 10.6 Å². The standard InChI is InChI=1S/C10H20N2O3/c1-3-5-8-15-10(14)12-7-6-11-9(13)4-2/h3-8H2,1-2H3,(H,11,13)(H,12,14). The molecule has 0 bridgehead atoms. The number of nitrogens with one attached hydrogen (secondary N) is 2. The minimum atomic E-state index is -0.422. The quantitative estimate of drug-likeness (QED) is 0.625. The Labute approximate surface area is 90.6 Å². The Morgan fingerprint density at radius 3 is 2.40 bits per heavy atom. The fraction of sp³-hybridized carbons (Fsp3) is 0.800. The van der Waals surface area contributed by atoms with E-state index >= 15 is 0 Å². The van der Waals surface area contributed by atoms with Crippen molar-refractivity contribution in [2.75, 3.05) is 19.7 Å². The monoisotopic (exact) mass is 216 g/mol. The summed E-state index contributed by atoms with van der Waals surface area (Å²) in [7, 11) is 0. The molecule has 2 N–H and O–H groups in total. The maximum absolute atomic E-state index is 11.0. The van der Waals surface area contributed by atoms with Gasteiger partial charge in [0.1, 0.15) is 0 Å². The van der Waals surface area contributed by atoms with E-state index in [1.165, 1.54) is 0 Å². The lowest BCUT2D eigenvalue weighted by Crippen LogP contribution is -2.34. The SMILES string of the molecule is CCCCOC(=O)NCCNC(=O)CC. The number of alkyl carbamates (subject to hydrolysis) is 1. The zero-order valence-electron chi connectivity index (χ0n) is 9.47. The molecule has 0 heterocycles. The van der Waals surface area contributed by atoms with Crippen LogP contribution in [-0.4, -0.2) is 31.7 Å². The Kier molecular flexibility index (Phi) is 8.52. The zero-order chi connectivity index (χ0) is 11.5. The topological polar surface area (TPSA) is 67.4 Å². The highest BCUT2D eigenvalue weighted by atomic mass is 16.5. The number of hydrogen-bond acceptors (Lipinski definition) is 3. The first-order valence-electron chi connectivity index (χ1n) is 5.38. The number of hydrogen-bond donors (Lipinski definition) is 2. The van der Waals surface area contributed by atoms with Crippen molar-refractivity contribution in [2.24, 2.45) is 0 Å². The molecular formula is C10H20N2O3. The number of ether oxygens (including phenoxy) is 1.